The van der Waals surface area contributed by atoms with Crippen molar-refractivity contribution in [2.45, 2.75) is 32.7 Å². The van der Waals surface area contributed by atoms with Crippen LogP contribution in [0.5, 0.6) is 5.75 Å². The number of nitrogens with zero attached hydrogens (tertiary/aromatic N) is 2. The normalized spacial score (nSPS) is 11.3. The zero-order chi connectivity index (χ0) is 17.8. The number of imidazole rings is 1. The highest BCUT2D eigenvalue weighted by Crippen LogP contribution is 2.21. The van der Waals surface area contributed by atoms with Crippen molar-refractivity contribution in [3.05, 3.63) is 72.6 Å². The number of aromatic nitrogens is 2. The largest absolute Gasteiger partial charge is 0.494 e. The average Bonchev–Trinajstić information content (AvgIpc) is 3.03. The standard InChI is InChI=1S/C23H24N2O/c1-2-8-23-24-21-11-5-6-12-22(21)25(23)15-7-16-26-20-14-13-18-9-3-4-10-19(18)17-20/h3-6,9-14,17H,2,7-8,15-16H2,1H3. The van der Waals surface area contributed by atoms with Crippen LogP contribution in [0.1, 0.15) is 25.6 Å². The molecule has 4 rings (SSSR count). The predicted octanol–water partition coefficient (Wildman–Crippen LogP) is 5.61. The molecule has 0 spiro atoms. The molecule has 0 amide bonds. The van der Waals surface area contributed by atoms with E-state index in [0.29, 0.717) is 6.61 Å². The van der Waals surface area contributed by atoms with Crippen molar-refractivity contribution >= 4 is 21.8 Å². The van der Waals surface area contributed by atoms with Gasteiger partial charge in [0.25, 0.3) is 0 Å². The summed E-state index contributed by atoms with van der Waals surface area (Å²) in [6, 6.07) is 23.0. The summed E-state index contributed by atoms with van der Waals surface area (Å²) in [7, 11) is 0. The summed E-state index contributed by atoms with van der Waals surface area (Å²) in [6.07, 6.45) is 3.08. The Hall–Kier alpha value is -2.81. The molecule has 26 heavy (non-hydrogen) atoms. The van der Waals surface area contributed by atoms with Crippen molar-refractivity contribution in [3.8, 4) is 5.75 Å². The van der Waals surface area contributed by atoms with Crippen molar-refractivity contribution in [3.63, 3.8) is 0 Å². The number of ether oxygens (including phenoxy) is 1. The Balaban J connectivity index is 1.42. The second kappa shape index (κ2) is 7.61. The zero-order valence-electron chi connectivity index (χ0n) is 15.2. The molecule has 3 nitrogen and oxygen atoms in total. The Kier molecular flexibility index (Phi) is 4.87. The number of rotatable bonds is 7. The SMILES string of the molecule is CCCc1nc2ccccc2n1CCCOc1ccc2ccccc2c1. The summed E-state index contributed by atoms with van der Waals surface area (Å²) >= 11 is 0. The van der Waals surface area contributed by atoms with E-state index in [0.717, 1.165) is 37.1 Å². The van der Waals surface area contributed by atoms with Gasteiger partial charge in [-0.15, -0.1) is 0 Å². The van der Waals surface area contributed by atoms with Gasteiger partial charge in [0.15, 0.2) is 0 Å². The summed E-state index contributed by atoms with van der Waals surface area (Å²) in [5.74, 6) is 2.12. The van der Waals surface area contributed by atoms with E-state index >= 15 is 0 Å². The molecule has 0 aliphatic rings. The van der Waals surface area contributed by atoms with Crippen molar-refractivity contribution < 1.29 is 4.74 Å². The summed E-state index contributed by atoms with van der Waals surface area (Å²) in [4.78, 5) is 4.80. The Morgan fingerprint density at radius 3 is 2.62 bits per heavy atom. The second-order valence-electron chi connectivity index (χ2n) is 6.63. The molecule has 0 radical (unpaired) electrons. The Morgan fingerprint density at radius 1 is 0.923 bits per heavy atom. The van der Waals surface area contributed by atoms with E-state index in [4.69, 9.17) is 9.72 Å². The Bertz CT molecular complexity index is 1020. The van der Waals surface area contributed by atoms with Gasteiger partial charge in [-0.2, -0.15) is 0 Å². The van der Waals surface area contributed by atoms with E-state index in [2.05, 4.69) is 78.2 Å². The molecular weight excluding hydrogens is 320 g/mol. The van der Waals surface area contributed by atoms with Crippen LogP contribution in [-0.2, 0) is 13.0 Å². The molecule has 132 valence electrons. The first-order chi connectivity index (χ1) is 12.8. The van der Waals surface area contributed by atoms with E-state index in [-0.39, 0.29) is 0 Å². The molecule has 0 aliphatic heterocycles. The first-order valence-corrected chi connectivity index (χ1v) is 9.41. The molecule has 4 aromatic rings. The number of hydrogen-bond donors (Lipinski definition) is 0. The molecule has 0 aliphatic carbocycles. The third-order valence-corrected chi connectivity index (χ3v) is 4.72. The number of aryl methyl sites for hydroxylation is 2. The van der Waals surface area contributed by atoms with Crippen LogP contribution in [-0.4, -0.2) is 16.2 Å². The lowest BCUT2D eigenvalue weighted by Gasteiger charge is -2.10. The Morgan fingerprint density at radius 2 is 1.73 bits per heavy atom. The molecular formula is C23H24N2O. The first kappa shape index (κ1) is 16.6. The van der Waals surface area contributed by atoms with Gasteiger partial charge in [0.05, 0.1) is 17.6 Å². The lowest BCUT2D eigenvalue weighted by Crippen LogP contribution is -2.08. The van der Waals surface area contributed by atoms with E-state index in [1.54, 1.807) is 0 Å². The van der Waals surface area contributed by atoms with Gasteiger partial charge >= 0.3 is 0 Å². The summed E-state index contributed by atoms with van der Waals surface area (Å²) in [5, 5.41) is 2.46. The molecule has 0 saturated carbocycles. The van der Waals surface area contributed by atoms with Gasteiger partial charge in [-0.3, -0.25) is 0 Å². The molecule has 3 heteroatoms. The monoisotopic (exact) mass is 344 g/mol. The number of benzene rings is 3. The van der Waals surface area contributed by atoms with Crippen LogP contribution in [0.25, 0.3) is 21.8 Å². The fourth-order valence-corrected chi connectivity index (χ4v) is 3.46. The number of para-hydroxylation sites is 2. The molecule has 0 atom stereocenters. The maximum atomic E-state index is 5.99. The van der Waals surface area contributed by atoms with Crippen LogP contribution in [0, 0.1) is 0 Å². The molecule has 1 aromatic heterocycles. The van der Waals surface area contributed by atoms with E-state index in [1.807, 2.05) is 0 Å². The molecule has 0 saturated heterocycles. The van der Waals surface area contributed by atoms with Crippen LogP contribution in [0.3, 0.4) is 0 Å². The fraction of sp³-hybridized carbons (Fsp3) is 0.261. The van der Waals surface area contributed by atoms with Crippen LogP contribution in [0.15, 0.2) is 66.7 Å². The molecule has 0 unspecified atom stereocenters. The molecule has 0 N–H and O–H groups in total. The highest BCUT2D eigenvalue weighted by molar-refractivity contribution is 5.83. The number of fused-ring (bicyclic) bond motifs is 2. The highest BCUT2D eigenvalue weighted by atomic mass is 16.5. The van der Waals surface area contributed by atoms with Gasteiger partial charge in [-0.1, -0.05) is 49.4 Å². The van der Waals surface area contributed by atoms with Crippen molar-refractivity contribution in [1.82, 2.24) is 9.55 Å². The van der Waals surface area contributed by atoms with Crippen LogP contribution >= 0.6 is 0 Å². The van der Waals surface area contributed by atoms with Crippen LogP contribution in [0.4, 0.5) is 0 Å². The predicted molar refractivity (Wildman–Crippen MR) is 108 cm³/mol. The second-order valence-corrected chi connectivity index (χ2v) is 6.63. The zero-order valence-corrected chi connectivity index (χ0v) is 15.2. The maximum Gasteiger partial charge on any atom is 0.119 e. The smallest absolute Gasteiger partial charge is 0.119 e. The number of hydrogen-bond acceptors (Lipinski definition) is 2. The fourth-order valence-electron chi connectivity index (χ4n) is 3.46. The lowest BCUT2D eigenvalue weighted by molar-refractivity contribution is 0.302. The molecule has 3 aromatic carbocycles. The van der Waals surface area contributed by atoms with Crippen molar-refractivity contribution in [1.29, 1.82) is 0 Å². The summed E-state index contributed by atoms with van der Waals surface area (Å²) in [5.41, 5.74) is 2.31. The van der Waals surface area contributed by atoms with Gasteiger partial charge in [-0.05, 0) is 47.9 Å². The van der Waals surface area contributed by atoms with E-state index < -0.39 is 0 Å². The van der Waals surface area contributed by atoms with Gasteiger partial charge < -0.3 is 9.30 Å². The Labute approximate surface area is 154 Å². The van der Waals surface area contributed by atoms with Crippen molar-refractivity contribution in [2.24, 2.45) is 0 Å². The van der Waals surface area contributed by atoms with E-state index in [9.17, 15) is 0 Å². The van der Waals surface area contributed by atoms with Gasteiger partial charge in [0, 0.05) is 13.0 Å². The minimum atomic E-state index is 0.705. The molecule has 0 fully saturated rings. The summed E-state index contributed by atoms with van der Waals surface area (Å²) in [6.45, 7) is 3.84. The third-order valence-electron chi connectivity index (χ3n) is 4.72. The van der Waals surface area contributed by atoms with Gasteiger partial charge in [0.1, 0.15) is 11.6 Å². The molecule has 0 bridgehead atoms. The quantitative estimate of drug-likeness (QED) is 0.407. The minimum Gasteiger partial charge on any atom is -0.494 e. The maximum absolute atomic E-state index is 5.99. The van der Waals surface area contributed by atoms with Gasteiger partial charge in [0.2, 0.25) is 0 Å². The molecule has 1 heterocycles. The highest BCUT2D eigenvalue weighted by Gasteiger charge is 2.09. The van der Waals surface area contributed by atoms with Crippen molar-refractivity contribution in [2.75, 3.05) is 6.61 Å². The lowest BCUT2D eigenvalue weighted by atomic mass is 10.1. The van der Waals surface area contributed by atoms with Crippen LogP contribution in [0.2, 0.25) is 0 Å². The summed E-state index contributed by atoms with van der Waals surface area (Å²) < 4.78 is 8.34. The average molecular weight is 344 g/mol. The third kappa shape index (κ3) is 3.43. The van der Waals surface area contributed by atoms with E-state index in [1.165, 1.54) is 22.1 Å². The minimum absolute atomic E-state index is 0.705. The van der Waals surface area contributed by atoms with Crippen LogP contribution < -0.4 is 4.74 Å². The first-order valence-electron chi connectivity index (χ1n) is 9.41. The van der Waals surface area contributed by atoms with Gasteiger partial charge in [-0.25, -0.2) is 4.98 Å². The topological polar surface area (TPSA) is 27.1 Å².